The molecule has 1 aliphatic heterocycles. The van der Waals surface area contributed by atoms with Gasteiger partial charge in [0.1, 0.15) is 0 Å². The third kappa shape index (κ3) is 2.89. The molecule has 1 fully saturated rings. The fraction of sp³-hybridized carbons (Fsp3) is 0.538. The number of hydrogen-bond donors (Lipinski definition) is 1. The van der Waals surface area contributed by atoms with Gasteiger partial charge in [-0.1, -0.05) is 23.7 Å². The van der Waals surface area contributed by atoms with Gasteiger partial charge in [-0.2, -0.15) is 0 Å². The molecule has 16 heavy (non-hydrogen) atoms. The monoisotopic (exact) mass is 239 g/mol. The second-order valence-corrected chi connectivity index (χ2v) is 4.69. The number of hydrogen-bond acceptors (Lipinski definition) is 2. The average molecular weight is 240 g/mol. The summed E-state index contributed by atoms with van der Waals surface area (Å²) < 4.78 is 5.58. The van der Waals surface area contributed by atoms with Crippen molar-refractivity contribution in [1.29, 1.82) is 0 Å². The number of ether oxygens (including phenoxy) is 1. The summed E-state index contributed by atoms with van der Waals surface area (Å²) in [4.78, 5) is 0. The van der Waals surface area contributed by atoms with E-state index in [1.54, 1.807) is 0 Å². The molecule has 1 aromatic rings. The molecular formula is C13H18ClNO. The Morgan fingerprint density at radius 3 is 3.06 bits per heavy atom. The van der Waals surface area contributed by atoms with E-state index >= 15 is 0 Å². The molecule has 2 nitrogen and oxygen atoms in total. The first-order valence-electron chi connectivity index (χ1n) is 5.88. The number of aryl methyl sites for hydroxylation is 1. The number of halogens is 1. The Morgan fingerprint density at radius 2 is 2.38 bits per heavy atom. The molecule has 1 aromatic carbocycles. The highest BCUT2D eigenvalue weighted by atomic mass is 35.5. The largest absolute Gasteiger partial charge is 0.384 e. The van der Waals surface area contributed by atoms with Gasteiger partial charge < -0.3 is 10.1 Å². The van der Waals surface area contributed by atoms with Crippen molar-refractivity contribution in [2.45, 2.75) is 32.3 Å². The van der Waals surface area contributed by atoms with Gasteiger partial charge >= 0.3 is 0 Å². The van der Waals surface area contributed by atoms with E-state index < -0.39 is 0 Å². The van der Waals surface area contributed by atoms with Crippen molar-refractivity contribution in [3.05, 3.63) is 28.8 Å². The van der Waals surface area contributed by atoms with Crippen molar-refractivity contribution < 1.29 is 4.74 Å². The highest BCUT2D eigenvalue weighted by Gasteiger charge is 2.14. The molecule has 0 spiro atoms. The van der Waals surface area contributed by atoms with Crippen LogP contribution in [0.1, 0.15) is 24.8 Å². The zero-order valence-corrected chi connectivity index (χ0v) is 10.4. The minimum atomic E-state index is 0.440. The smallest absolute Gasteiger partial charge is 0.0640 e. The van der Waals surface area contributed by atoms with Crippen LogP contribution in [-0.4, -0.2) is 19.3 Å². The van der Waals surface area contributed by atoms with E-state index in [0.29, 0.717) is 6.10 Å². The Morgan fingerprint density at radius 1 is 1.50 bits per heavy atom. The quantitative estimate of drug-likeness (QED) is 0.867. The molecule has 1 atom stereocenters. The van der Waals surface area contributed by atoms with Crippen LogP contribution in [0.4, 0.5) is 5.69 Å². The van der Waals surface area contributed by atoms with E-state index in [-0.39, 0.29) is 0 Å². The van der Waals surface area contributed by atoms with E-state index in [1.807, 2.05) is 12.1 Å². The predicted octanol–water partition coefficient (Wildman–Crippen LogP) is 3.63. The Bertz CT molecular complexity index is 328. The second kappa shape index (κ2) is 5.55. The topological polar surface area (TPSA) is 21.3 Å². The first-order chi connectivity index (χ1) is 7.77. The Kier molecular flexibility index (Phi) is 4.08. The van der Waals surface area contributed by atoms with Crippen molar-refractivity contribution in [2.75, 3.05) is 18.5 Å². The number of nitrogens with one attached hydrogen (secondary N) is 1. The average Bonchev–Trinajstić information content (AvgIpc) is 2.75. The maximum atomic E-state index is 6.13. The SMILES string of the molecule is Cc1cccc(Cl)c1NCCC1CCCO1. The maximum absolute atomic E-state index is 6.13. The Labute approximate surface area is 102 Å². The summed E-state index contributed by atoms with van der Waals surface area (Å²) in [6, 6.07) is 5.96. The van der Waals surface area contributed by atoms with Gasteiger partial charge in [-0.3, -0.25) is 0 Å². The number of benzene rings is 1. The maximum Gasteiger partial charge on any atom is 0.0640 e. The van der Waals surface area contributed by atoms with Gasteiger partial charge in [0, 0.05) is 13.2 Å². The van der Waals surface area contributed by atoms with Gasteiger partial charge in [-0.15, -0.1) is 0 Å². The van der Waals surface area contributed by atoms with Crippen LogP contribution in [-0.2, 0) is 4.74 Å². The van der Waals surface area contributed by atoms with Crippen LogP contribution in [0, 0.1) is 6.92 Å². The number of rotatable bonds is 4. The van der Waals surface area contributed by atoms with Gasteiger partial charge in [-0.05, 0) is 37.8 Å². The van der Waals surface area contributed by atoms with E-state index in [0.717, 1.165) is 30.3 Å². The van der Waals surface area contributed by atoms with Gasteiger partial charge in [0.2, 0.25) is 0 Å². The lowest BCUT2D eigenvalue weighted by atomic mass is 10.1. The van der Waals surface area contributed by atoms with Crippen molar-refractivity contribution in [2.24, 2.45) is 0 Å². The van der Waals surface area contributed by atoms with Crippen LogP contribution in [0.3, 0.4) is 0 Å². The van der Waals surface area contributed by atoms with E-state index in [1.165, 1.54) is 18.4 Å². The van der Waals surface area contributed by atoms with Crippen LogP contribution < -0.4 is 5.32 Å². The summed E-state index contributed by atoms with van der Waals surface area (Å²) >= 11 is 6.13. The van der Waals surface area contributed by atoms with Gasteiger partial charge in [0.25, 0.3) is 0 Å². The Balaban J connectivity index is 1.84. The minimum Gasteiger partial charge on any atom is -0.384 e. The first-order valence-corrected chi connectivity index (χ1v) is 6.26. The fourth-order valence-electron chi connectivity index (χ4n) is 2.09. The molecule has 1 unspecified atom stereocenters. The molecule has 1 heterocycles. The van der Waals surface area contributed by atoms with Crippen LogP contribution in [0.5, 0.6) is 0 Å². The summed E-state index contributed by atoms with van der Waals surface area (Å²) in [6.07, 6.45) is 3.90. The lowest BCUT2D eigenvalue weighted by molar-refractivity contribution is 0.107. The van der Waals surface area contributed by atoms with E-state index in [4.69, 9.17) is 16.3 Å². The standard InChI is InChI=1S/C13H18ClNO/c1-10-4-2-6-12(14)13(10)15-8-7-11-5-3-9-16-11/h2,4,6,11,15H,3,5,7-9H2,1H3. The summed E-state index contributed by atoms with van der Waals surface area (Å²) in [6.45, 7) is 3.92. The second-order valence-electron chi connectivity index (χ2n) is 4.28. The molecule has 0 saturated carbocycles. The minimum absolute atomic E-state index is 0.440. The van der Waals surface area contributed by atoms with Crippen LogP contribution in [0.25, 0.3) is 0 Å². The lowest BCUT2D eigenvalue weighted by Gasteiger charge is -2.13. The van der Waals surface area contributed by atoms with E-state index in [9.17, 15) is 0 Å². The van der Waals surface area contributed by atoms with Gasteiger partial charge in [0.15, 0.2) is 0 Å². The molecule has 1 N–H and O–H groups in total. The number of para-hydroxylation sites is 1. The highest BCUT2D eigenvalue weighted by molar-refractivity contribution is 6.33. The summed E-state index contributed by atoms with van der Waals surface area (Å²) in [5, 5.41) is 4.19. The zero-order chi connectivity index (χ0) is 11.4. The molecule has 1 saturated heterocycles. The first kappa shape index (κ1) is 11.7. The molecule has 0 amide bonds. The van der Waals surface area contributed by atoms with Crippen molar-refractivity contribution >= 4 is 17.3 Å². The summed E-state index contributed by atoms with van der Waals surface area (Å²) in [5.74, 6) is 0. The third-order valence-corrected chi connectivity index (χ3v) is 3.33. The zero-order valence-electron chi connectivity index (χ0n) is 9.63. The normalized spacial score (nSPS) is 20.0. The van der Waals surface area contributed by atoms with Crippen molar-refractivity contribution in [3.8, 4) is 0 Å². The van der Waals surface area contributed by atoms with Crippen LogP contribution in [0.15, 0.2) is 18.2 Å². The molecule has 0 radical (unpaired) electrons. The Hall–Kier alpha value is -0.730. The molecule has 2 rings (SSSR count). The lowest BCUT2D eigenvalue weighted by Crippen LogP contribution is -2.13. The van der Waals surface area contributed by atoms with Crippen molar-refractivity contribution in [3.63, 3.8) is 0 Å². The van der Waals surface area contributed by atoms with E-state index in [2.05, 4.69) is 18.3 Å². The highest BCUT2D eigenvalue weighted by Crippen LogP contribution is 2.25. The molecule has 1 aliphatic rings. The molecule has 0 aromatic heterocycles. The molecular weight excluding hydrogens is 222 g/mol. The van der Waals surface area contributed by atoms with Gasteiger partial charge in [0.05, 0.1) is 16.8 Å². The molecule has 88 valence electrons. The van der Waals surface area contributed by atoms with Crippen LogP contribution in [0.2, 0.25) is 5.02 Å². The molecule has 0 bridgehead atoms. The van der Waals surface area contributed by atoms with Crippen molar-refractivity contribution in [1.82, 2.24) is 0 Å². The summed E-state index contributed by atoms with van der Waals surface area (Å²) in [7, 11) is 0. The predicted molar refractivity (Wildman–Crippen MR) is 68.3 cm³/mol. The molecule has 3 heteroatoms. The number of anilines is 1. The molecule has 0 aliphatic carbocycles. The fourth-order valence-corrected chi connectivity index (χ4v) is 2.37. The van der Waals surface area contributed by atoms with Gasteiger partial charge in [-0.25, -0.2) is 0 Å². The van der Waals surface area contributed by atoms with Crippen LogP contribution >= 0.6 is 11.6 Å². The third-order valence-electron chi connectivity index (χ3n) is 3.01. The summed E-state index contributed by atoms with van der Waals surface area (Å²) in [5.41, 5.74) is 2.25.